The first-order valence-corrected chi connectivity index (χ1v) is 3.55. The second-order valence-electron chi connectivity index (χ2n) is 1.66. The van der Waals surface area contributed by atoms with E-state index in [1.54, 1.807) is 10.9 Å². The molecular weight excluding hydrogens is 136 g/mol. The van der Waals surface area contributed by atoms with Crippen LogP contribution in [0.2, 0.25) is 0 Å². The SMILES string of the molecule is NC[C@H](O)c1cscn1. The fraction of sp³-hybridized carbons (Fsp3) is 0.400. The van der Waals surface area contributed by atoms with Crippen LogP contribution in [0.5, 0.6) is 0 Å². The Labute approximate surface area is 57.2 Å². The number of nitrogens with zero attached hydrogens (tertiary/aromatic N) is 1. The molecule has 3 N–H and O–H groups in total. The van der Waals surface area contributed by atoms with Crippen LogP contribution >= 0.6 is 11.3 Å². The van der Waals surface area contributed by atoms with Crippen molar-refractivity contribution in [1.82, 2.24) is 4.98 Å². The van der Waals surface area contributed by atoms with Crippen LogP contribution in [-0.4, -0.2) is 16.6 Å². The quantitative estimate of drug-likeness (QED) is 0.620. The average molecular weight is 144 g/mol. The Balaban J connectivity index is 2.65. The molecule has 9 heavy (non-hydrogen) atoms. The highest BCUT2D eigenvalue weighted by molar-refractivity contribution is 7.07. The van der Waals surface area contributed by atoms with E-state index in [-0.39, 0.29) is 6.54 Å². The predicted molar refractivity (Wildman–Crippen MR) is 36.1 cm³/mol. The molecule has 0 amide bonds. The molecule has 1 rings (SSSR count). The first kappa shape index (κ1) is 6.67. The van der Waals surface area contributed by atoms with Crippen LogP contribution in [0.3, 0.4) is 0 Å². The van der Waals surface area contributed by atoms with Crippen molar-refractivity contribution in [2.75, 3.05) is 6.54 Å². The Kier molecular flexibility index (Phi) is 2.16. The number of rotatable bonds is 2. The lowest BCUT2D eigenvalue weighted by molar-refractivity contribution is 0.182. The first-order chi connectivity index (χ1) is 4.34. The van der Waals surface area contributed by atoms with E-state index in [4.69, 9.17) is 10.8 Å². The van der Waals surface area contributed by atoms with Crippen molar-refractivity contribution in [3.05, 3.63) is 16.6 Å². The molecule has 1 heterocycles. The summed E-state index contributed by atoms with van der Waals surface area (Å²) in [5.41, 5.74) is 7.52. The number of hydrogen-bond donors (Lipinski definition) is 2. The maximum absolute atomic E-state index is 9.04. The largest absolute Gasteiger partial charge is 0.385 e. The summed E-state index contributed by atoms with van der Waals surface area (Å²) >= 11 is 1.46. The van der Waals surface area contributed by atoms with E-state index in [2.05, 4.69) is 4.98 Å². The fourth-order valence-corrected chi connectivity index (χ4v) is 1.11. The minimum absolute atomic E-state index is 0.240. The van der Waals surface area contributed by atoms with Crippen LogP contribution < -0.4 is 5.73 Å². The number of aliphatic hydroxyl groups is 1. The van der Waals surface area contributed by atoms with Gasteiger partial charge in [-0.25, -0.2) is 4.98 Å². The summed E-state index contributed by atoms with van der Waals surface area (Å²) in [4.78, 5) is 3.88. The van der Waals surface area contributed by atoms with Crippen LogP contribution in [0.25, 0.3) is 0 Å². The van der Waals surface area contributed by atoms with Crippen molar-refractivity contribution in [3.63, 3.8) is 0 Å². The van der Waals surface area contributed by atoms with Crippen molar-refractivity contribution in [3.8, 4) is 0 Å². The van der Waals surface area contributed by atoms with Crippen LogP contribution in [-0.2, 0) is 0 Å². The van der Waals surface area contributed by atoms with E-state index < -0.39 is 6.10 Å². The lowest BCUT2D eigenvalue weighted by atomic mass is 10.3. The second-order valence-corrected chi connectivity index (χ2v) is 2.38. The van der Waals surface area contributed by atoms with Gasteiger partial charge in [0.25, 0.3) is 0 Å². The molecule has 0 saturated carbocycles. The highest BCUT2D eigenvalue weighted by Crippen LogP contribution is 2.09. The Hall–Kier alpha value is -0.450. The molecule has 0 saturated heterocycles. The Morgan fingerprint density at radius 1 is 1.89 bits per heavy atom. The van der Waals surface area contributed by atoms with Gasteiger partial charge in [-0.1, -0.05) is 0 Å². The van der Waals surface area contributed by atoms with E-state index in [0.29, 0.717) is 5.69 Å². The maximum atomic E-state index is 9.04. The van der Waals surface area contributed by atoms with Gasteiger partial charge < -0.3 is 10.8 Å². The van der Waals surface area contributed by atoms with Gasteiger partial charge in [0, 0.05) is 11.9 Å². The highest BCUT2D eigenvalue weighted by Gasteiger charge is 2.04. The lowest BCUT2D eigenvalue weighted by Gasteiger charge is -2.00. The van der Waals surface area contributed by atoms with Gasteiger partial charge in [-0.05, 0) is 0 Å². The van der Waals surface area contributed by atoms with Gasteiger partial charge in [0.05, 0.1) is 11.2 Å². The van der Waals surface area contributed by atoms with Crippen LogP contribution in [0.4, 0.5) is 0 Å². The molecule has 0 radical (unpaired) electrons. The van der Waals surface area contributed by atoms with Gasteiger partial charge in [-0.2, -0.15) is 0 Å². The summed E-state index contributed by atoms with van der Waals surface area (Å²) in [7, 11) is 0. The first-order valence-electron chi connectivity index (χ1n) is 2.61. The third-order valence-electron chi connectivity index (χ3n) is 1.02. The minimum atomic E-state index is -0.587. The molecule has 50 valence electrons. The van der Waals surface area contributed by atoms with E-state index in [1.165, 1.54) is 11.3 Å². The molecule has 4 heteroatoms. The summed E-state index contributed by atoms with van der Waals surface area (Å²) < 4.78 is 0. The maximum Gasteiger partial charge on any atom is 0.109 e. The summed E-state index contributed by atoms with van der Waals surface area (Å²) in [6.07, 6.45) is -0.587. The van der Waals surface area contributed by atoms with Gasteiger partial charge in [0.2, 0.25) is 0 Å². The van der Waals surface area contributed by atoms with Crippen LogP contribution in [0.15, 0.2) is 10.9 Å². The number of hydrogen-bond acceptors (Lipinski definition) is 4. The van der Waals surface area contributed by atoms with E-state index in [9.17, 15) is 0 Å². The Bertz CT molecular complexity index is 163. The van der Waals surface area contributed by atoms with Gasteiger partial charge in [-0.3, -0.25) is 0 Å². The topological polar surface area (TPSA) is 59.1 Å². The number of thiazole rings is 1. The molecule has 0 aliphatic carbocycles. The molecular formula is C5H8N2OS. The van der Waals surface area contributed by atoms with Crippen LogP contribution in [0.1, 0.15) is 11.8 Å². The highest BCUT2D eigenvalue weighted by atomic mass is 32.1. The third-order valence-corrected chi connectivity index (χ3v) is 1.62. The molecule has 1 aromatic heterocycles. The van der Waals surface area contributed by atoms with E-state index in [0.717, 1.165) is 0 Å². The molecule has 0 aliphatic rings. The summed E-state index contributed by atoms with van der Waals surface area (Å²) in [5, 5.41) is 10.8. The zero-order valence-corrected chi connectivity index (χ0v) is 5.64. The zero-order chi connectivity index (χ0) is 6.69. The third kappa shape index (κ3) is 1.48. The lowest BCUT2D eigenvalue weighted by Crippen LogP contribution is -2.11. The summed E-state index contributed by atoms with van der Waals surface area (Å²) in [6.45, 7) is 0.240. The number of aromatic nitrogens is 1. The molecule has 1 aromatic rings. The molecule has 0 spiro atoms. The summed E-state index contributed by atoms with van der Waals surface area (Å²) in [5.74, 6) is 0. The fourth-order valence-electron chi connectivity index (χ4n) is 0.507. The molecule has 1 atom stereocenters. The van der Waals surface area contributed by atoms with Gasteiger partial charge in [-0.15, -0.1) is 11.3 Å². The monoisotopic (exact) mass is 144 g/mol. The smallest absolute Gasteiger partial charge is 0.109 e. The predicted octanol–water partition coefficient (Wildman–Crippen LogP) is 0.135. The van der Waals surface area contributed by atoms with Gasteiger partial charge in [0.15, 0.2) is 0 Å². The average Bonchev–Trinajstić information content (AvgIpc) is 2.37. The molecule has 0 bridgehead atoms. The summed E-state index contributed by atoms with van der Waals surface area (Å²) in [6, 6.07) is 0. The molecule has 0 aromatic carbocycles. The zero-order valence-electron chi connectivity index (χ0n) is 4.82. The Morgan fingerprint density at radius 3 is 3.11 bits per heavy atom. The van der Waals surface area contributed by atoms with Crippen molar-refractivity contribution in [2.45, 2.75) is 6.10 Å². The normalized spacial score (nSPS) is 13.6. The van der Waals surface area contributed by atoms with Crippen molar-refractivity contribution < 1.29 is 5.11 Å². The Morgan fingerprint density at radius 2 is 2.67 bits per heavy atom. The minimum Gasteiger partial charge on any atom is -0.385 e. The van der Waals surface area contributed by atoms with E-state index >= 15 is 0 Å². The number of nitrogens with two attached hydrogens (primary N) is 1. The van der Waals surface area contributed by atoms with Crippen molar-refractivity contribution in [1.29, 1.82) is 0 Å². The van der Waals surface area contributed by atoms with Crippen LogP contribution in [0, 0.1) is 0 Å². The standard InChI is InChI=1S/C5H8N2OS/c6-1-5(8)4-2-9-3-7-4/h2-3,5,8H,1,6H2/t5-/m0/s1. The molecule has 3 nitrogen and oxygen atoms in total. The van der Waals surface area contributed by atoms with Crippen molar-refractivity contribution >= 4 is 11.3 Å². The van der Waals surface area contributed by atoms with Gasteiger partial charge in [0.1, 0.15) is 6.10 Å². The van der Waals surface area contributed by atoms with Gasteiger partial charge >= 0.3 is 0 Å². The second kappa shape index (κ2) is 2.91. The number of aliphatic hydroxyl groups excluding tert-OH is 1. The molecule has 0 fully saturated rings. The van der Waals surface area contributed by atoms with Crippen molar-refractivity contribution in [2.24, 2.45) is 5.73 Å². The molecule has 0 aliphatic heterocycles. The van der Waals surface area contributed by atoms with E-state index in [1.807, 2.05) is 0 Å². The molecule has 0 unspecified atom stereocenters.